The summed E-state index contributed by atoms with van der Waals surface area (Å²) in [6.45, 7) is 0.691. The summed E-state index contributed by atoms with van der Waals surface area (Å²) in [7, 11) is 3.13. The molecule has 0 fully saturated rings. The highest BCUT2D eigenvalue weighted by molar-refractivity contribution is 6.06. The van der Waals surface area contributed by atoms with E-state index in [-0.39, 0.29) is 6.03 Å². The van der Waals surface area contributed by atoms with E-state index in [4.69, 9.17) is 9.47 Å². The molecule has 33 heavy (non-hydrogen) atoms. The van der Waals surface area contributed by atoms with E-state index in [1.807, 2.05) is 55.0 Å². The number of benzene rings is 2. The average Bonchev–Trinajstić information content (AvgIpc) is 3.47. The molecule has 0 bridgehead atoms. The van der Waals surface area contributed by atoms with E-state index in [0.717, 1.165) is 21.9 Å². The van der Waals surface area contributed by atoms with Gasteiger partial charge in [0.15, 0.2) is 0 Å². The molecule has 3 N–H and O–H groups in total. The lowest BCUT2D eigenvalue weighted by Gasteiger charge is -2.13. The van der Waals surface area contributed by atoms with Crippen LogP contribution in [0.2, 0.25) is 0 Å². The third-order valence-corrected chi connectivity index (χ3v) is 5.61. The molecule has 0 radical (unpaired) electrons. The molecule has 8 heteroatoms. The van der Waals surface area contributed by atoms with Crippen LogP contribution in [0, 0.1) is 0 Å². The maximum atomic E-state index is 12.8. The number of carbonyl (C=O) groups is 1. The Morgan fingerprint density at radius 3 is 2.73 bits per heavy atom. The molecule has 0 atom stereocenters. The lowest BCUT2D eigenvalue weighted by Crippen LogP contribution is -2.20. The molecule has 2 amide bonds. The quantitative estimate of drug-likeness (QED) is 0.336. The van der Waals surface area contributed by atoms with Gasteiger partial charge >= 0.3 is 6.03 Å². The molecular formula is C25H23N5O3. The Labute approximate surface area is 190 Å². The van der Waals surface area contributed by atoms with Crippen molar-refractivity contribution in [2.45, 2.75) is 6.54 Å². The molecule has 166 valence electrons. The second-order valence-electron chi connectivity index (χ2n) is 7.54. The number of hydrogen-bond acceptors (Lipinski definition) is 4. The minimum absolute atomic E-state index is 0.370. The first kappa shape index (κ1) is 20.4. The number of urea groups is 1. The number of hydrogen-bond donors (Lipinski definition) is 3. The molecular weight excluding hydrogens is 418 g/mol. The number of amides is 2. The predicted molar refractivity (Wildman–Crippen MR) is 129 cm³/mol. The summed E-state index contributed by atoms with van der Waals surface area (Å²) in [4.78, 5) is 20.3. The van der Waals surface area contributed by atoms with Gasteiger partial charge in [0, 0.05) is 42.0 Å². The van der Waals surface area contributed by atoms with Gasteiger partial charge in [-0.2, -0.15) is 0 Å². The number of rotatable bonds is 6. The smallest absolute Gasteiger partial charge is 0.323 e. The van der Waals surface area contributed by atoms with Gasteiger partial charge in [-0.05, 0) is 48.0 Å². The minimum Gasteiger partial charge on any atom is -0.497 e. The molecule has 0 spiro atoms. The lowest BCUT2D eigenvalue weighted by atomic mass is 10.2. The monoisotopic (exact) mass is 441 g/mol. The van der Waals surface area contributed by atoms with E-state index in [9.17, 15) is 4.79 Å². The molecule has 5 aromatic rings. The first-order valence-electron chi connectivity index (χ1n) is 10.4. The van der Waals surface area contributed by atoms with Crippen LogP contribution in [0.3, 0.4) is 0 Å². The standard InChI is InChI=1S/C25H23N5O3/c1-32-17-6-7-23(33-2)21(14-17)29-25(31)28-20-4-3-5-22-19(20)10-13-30(22)15-16-8-11-26-24-18(16)9-12-27-24/h3-14H,15H2,1-2H3,(H,26,27)(H2,28,29,31). The largest absolute Gasteiger partial charge is 0.497 e. The summed E-state index contributed by atoms with van der Waals surface area (Å²) in [6, 6.07) is 16.8. The Morgan fingerprint density at radius 1 is 1.00 bits per heavy atom. The number of H-pyrrole nitrogens is 1. The van der Waals surface area contributed by atoms with Crippen LogP contribution in [0.5, 0.6) is 11.5 Å². The number of anilines is 2. The fourth-order valence-electron chi connectivity index (χ4n) is 4.00. The van der Waals surface area contributed by atoms with Crippen LogP contribution >= 0.6 is 0 Å². The molecule has 0 aliphatic heterocycles. The SMILES string of the molecule is COc1ccc(OC)c(NC(=O)Nc2cccc3c2ccn3Cc2ccnc3[nH]ccc23)c1. The van der Waals surface area contributed by atoms with Gasteiger partial charge in [-0.3, -0.25) is 0 Å². The number of carbonyl (C=O) groups excluding carboxylic acids is 1. The normalized spacial score (nSPS) is 11.0. The number of nitrogens with zero attached hydrogens (tertiary/aromatic N) is 2. The molecule has 8 nitrogen and oxygen atoms in total. The van der Waals surface area contributed by atoms with Crippen LogP contribution in [0.4, 0.5) is 16.2 Å². The topological polar surface area (TPSA) is 93.2 Å². The highest BCUT2D eigenvalue weighted by atomic mass is 16.5. The van der Waals surface area contributed by atoms with Crippen molar-refractivity contribution in [1.82, 2.24) is 14.5 Å². The Hall–Kier alpha value is -4.46. The first-order chi connectivity index (χ1) is 16.2. The van der Waals surface area contributed by atoms with Crippen molar-refractivity contribution in [2.75, 3.05) is 24.9 Å². The van der Waals surface area contributed by atoms with E-state index in [2.05, 4.69) is 25.2 Å². The van der Waals surface area contributed by atoms with Crippen LogP contribution < -0.4 is 20.1 Å². The minimum atomic E-state index is -0.370. The third kappa shape index (κ3) is 3.94. The number of aromatic amines is 1. The average molecular weight is 441 g/mol. The molecule has 0 aliphatic rings. The van der Waals surface area contributed by atoms with Gasteiger partial charge in [-0.1, -0.05) is 6.07 Å². The Morgan fingerprint density at radius 2 is 1.88 bits per heavy atom. The van der Waals surface area contributed by atoms with Crippen molar-refractivity contribution >= 4 is 39.3 Å². The maximum Gasteiger partial charge on any atom is 0.323 e. The van der Waals surface area contributed by atoms with Gasteiger partial charge in [0.05, 0.1) is 31.1 Å². The van der Waals surface area contributed by atoms with Crippen LogP contribution in [-0.2, 0) is 6.54 Å². The predicted octanol–water partition coefficient (Wildman–Crippen LogP) is 5.23. The molecule has 0 unspecified atom stereocenters. The Bertz CT molecular complexity index is 1450. The lowest BCUT2D eigenvalue weighted by molar-refractivity contribution is 0.262. The molecule has 3 heterocycles. The van der Waals surface area contributed by atoms with E-state index < -0.39 is 0 Å². The van der Waals surface area contributed by atoms with Gasteiger partial charge in [0.2, 0.25) is 0 Å². The van der Waals surface area contributed by atoms with E-state index in [1.54, 1.807) is 32.4 Å². The zero-order valence-electron chi connectivity index (χ0n) is 18.3. The molecule has 0 aliphatic carbocycles. The summed E-state index contributed by atoms with van der Waals surface area (Å²) >= 11 is 0. The fourth-order valence-corrected chi connectivity index (χ4v) is 4.00. The van der Waals surface area contributed by atoms with Crippen molar-refractivity contribution in [2.24, 2.45) is 0 Å². The maximum absolute atomic E-state index is 12.8. The fraction of sp³-hybridized carbons (Fsp3) is 0.120. The number of nitrogens with one attached hydrogen (secondary N) is 3. The van der Waals surface area contributed by atoms with Crippen molar-refractivity contribution < 1.29 is 14.3 Å². The Balaban J connectivity index is 1.39. The molecule has 0 saturated carbocycles. The van der Waals surface area contributed by atoms with Gasteiger partial charge in [0.1, 0.15) is 17.1 Å². The first-order valence-corrected chi connectivity index (χ1v) is 10.4. The van der Waals surface area contributed by atoms with Gasteiger partial charge in [-0.25, -0.2) is 9.78 Å². The van der Waals surface area contributed by atoms with E-state index in [1.165, 1.54) is 5.56 Å². The van der Waals surface area contributed by atoms with Crippen LogP contribution in [-0.4, -0.2) is 34.8 Å². The second-order valence-corrected chi connectivity index (χ2v) is 7.54. The van der Waals surface area contributed by atoms with Gasteiger partial charge in [-0.15, -0.1) is 0 Å². The van der Waals surface area contributed by atoms with E-state index in [0.29, 0.717) is 29.4 Å². The van der Waals surface area contributed by atoms with Crippen molar-refractivity contribution in [3.63, 3.8) is 0 Å². The Kier molecular flexibility index (Phi) is 5.32. The van der Waals surface area contributed by atoms with Crippen LogP contribution in [0.15, 0.2) is 73.2 Å². The number of pyridine rings is 1. The third-order valence-electron chi connectivity index (χ3n) is 5.61. The highest BCUT2D eigenvalue weighted by Crippen LogP contribution is 2.30. The number of methoxy groups -OCH3 is 2. The van der Waals surface area contributed by atoms with E-state index >= 15 is 0 Å². The zero-order valence-corrected chi connectivity index (χ0v) is 18.3. The summed E-state index contributed by atoms with van der Waals surface area (Å²) < 4.78 is 12.7. The van der Waals surface area contributed by atoms with Crippen molar-refractivity contribution in [1.29, 1.82) is 0 Å². The second kappa shape index (κ2) is 8.58. The number of fused-ring (bicyclic) bond motifs is 2. The molecule has 0 saturated heterocycles. The van der Waals surface area contributed by atoms with Crippen LogP contribution in [0.25, 0.3) is 21.9 Å². The zero-order chi connectivity index (χ0) is 22.8. The number of aromatic nitrogens is 3. The summed E-state index contributed by atoms with van der Waals surface area (Å²) in [5, 5.41) is 7.84. The van der Waals surface area contributed by atoms with Crippen molar-refractivity contribution in [3.05, 3.63) is 78.8 Å². The number of ether oxygens (including phenoxy) is 2. The summed E-state index contributed by atoms with van der Waals surface area (Å²) in [6.07, 6.45) is 5.73. The summed E-state index contributed by atoms with van der Waals surface area (Å²) in [5.41, 5.74) is 4.29. The summed E-state index contributed by atoms with van der Waals surface area (Å²) in [5.74, 6) is 1.17. The molecule has 5 rings (SSSR count). The highest BCUT2D eigenvalue weighted by Gasteiger charge is 2.13. The van der Waals surface area contributed by atoms with Crippen LogP contribution in [0.1, 0.15) is 5.56 Å². The van der Waals surface area contributed by atoms with Crippen molar-refractivity contribution in [3.8, 4) is 11.5 Å². The van der Waals surface area contributed by atoms with Gasteiger partial charge in [0.25, 0.3) is 0 Å². The molecule has 2 aromatic carbocycles. The molecule has 3 aromatic heterocycles. The van der Waals surface area contributed by atoms with Gasteiger partial charge < -0.3 is 29.7 Å².